The predicted molar refractivity (Wildman–Crippen MR) is 238 cm³/mol. The summed E-state index contributed by atoms with van der Waals surface area (Å²) in [4.78, 5) is 64.4. The van der Waals surface area contributed by atoms with Crippen molar-refractivity contribution in [2.75, 3.05) is 20.7 Å². The number of aryl methyl sites for hydroxylation is 1. The number of carbonyl (C=O) groups excluding carboxylic acids is 3. The lowest BCUT2D eigenvalue weighted by Gasteiger charge is -2.27. The van der Waals surface area contributed by atoms with Crippen LogP contribution in [0, 0.1) is 17.3 Å². The van der Waals surface area contributed by atoms with Gasteiger partial charge in [0.2, 0.25) is 11.8 Å². The molecule has 62 heavy (non-hydrogen) atoms. The molecule has 4 N–H and O–H groups in total. The molecule has 1 saturated heterocycles. The quantitative estimate of drug-likeness (QED) is 0.0392. The lowest BCUT2D eigenvalue weighted by Crippen LogP contribution is -2.51. The summed E-state index contributed by atoms with van der Waals surface area (Å²) < 4.78 is 12.3. The van der Waals surface area contributed by atoms with Gasteiger partial charge in [-0.25, -0.2) is 4.79 Å². The molecule has 15 nitrogen and oxygen atoms in total. The third-order valence-electron chi connectivity index (χ3n) is 10.6. The van der Waals surface area contributed by atoms with E-state index < -0.39 is 47.3 Å². The molecule has 1 fully saturated rings. The normalized spacial score (nSPS) is 16.9. The van der Waals surface area contributed by atoms with E-state index in [4.69, 9.17) is 26.2 Å². The standard InChI is InChI=1S/C45H62ClN6O9P/c1-28(2)21-37(43(57)58)61-44(59)45(4,5)27-47-42(56)35(23-31-16-19-36(60-7)34(46)22-31)48-38(53)12-9-8-11-29(3)40-41(62-40)32-17-14-30(15-18-32)24-51(6)25-33-26-52(50-49-33)20-10-13-39(54)55/h9,12,14-19,22,26,28-29,35,37,40-41,62H,8,10-11,13,20-21,23-25,27H2,1-7H3,(H,47,56)(H,48,53)(H,54,55)(H,57,58)/b12-9+/t29-,35+,37-,40?,41+/m0/s1. The Morgan fingerprint density at radius 3 is 2.40 bits per heavy atom. The second-order valence-electron chi connectivity index (χ2n) is 17.2. The molecule has 2 unspecified atom stereocenters. The van der Waals surface area contributed by atoms with E-state index in [1.54, 1.807) is 36.7 Å². The van der Waals surface area contributed by atoms with Crippen molar-refractivity contribution >= 4 is 49.9 Å². The molecule has 3 aromatic rings. The topological polar surface area (TPSA) is 202 Å². The maximum absolute atomic E-state index is 13.6. The number of ether oxygens (including phenoxy) is 2. The van der Waals surface area contributed by atoms with Crippen LogP contribution >= 0.6 is 20.2 Å². The Bertz CT molecular complexity index is 2020. The number of allylic oxidation sites excluding steroid dienone is 1. The SMILES string of the molecule is COc1ccc(C[C@@H](NC(=O)/C=C/CC[C@H](C)C2P[C@@H]2c2ccc(CN(C)Cc3cn(CCCC(=O)O)nn3)cc2)C(=O)NCC(C)(C)C(=O)O[C@@H](CC(C)C)C(=O)O)cc1Cl. The van der Waals surface area contributed by atoms with Gasteiger partial charge in [0, 0.05) is 50.9 Å². The number of esters is 1. The van der Waals surface area contributed by atoms with Crippen molar-refractivity contribution in [1.82, 2.24) is 30.5 Å². The summed E-state index contributed by atoms with van der Waals surface area (Å²) >= 11 is 6.36. The Hall–Kier alpha value is -4.85. The van der Waals surface area contributed by atoms with Crippen LogP contribution in [0.25, 0.3) is 0 Å². The van der Waals surface area contributed by atoms with Crippen molar-refractivity contribution in [3.63, 3.8) is 0 Å². The first-order valence-corrected chi connectivity index (χ1v) is 22.5. The average molecular weight is 897 g/mol. The highest BCUT2D eigenvalue weighted by molar-refractivity contribution is 7.48. The van der Waals surface area contributed by atoms with E-state index in [0.717, 1.165) is 27.2 Å². The minimum atomic E-state index is -1.30. The maximum atomic E-state index is 13.6. The van der Waals surface area contributed by atoms with Gasteiger partial charge in [0.1, 0.15) is 11.8 Å². The zero-order chi connectivity index (χ0) is 45.6. The van der Waals surface area contributed by atoms with Gasteiger partial charge in [0.05, 0.1) is 23.2 Å². The molecule has 0 spiro atoms. The van der Waals surface area contributed by atoms with Crippen molar-refractivity contribution < 1.29 is 43.7 Å². The van der Waals surface area contributed by atoms with Crippen LogP contribution in [0.3, 0.4) is 0 Å². The van der Waals surface area contributed by atoms with Crippen LogP contribution in [0.2, 0.25) is 5.02 Å². The van der Waals surface area contributed by atoms with Gasteiger partial charge in [-0.15, -0.1) is 13.7 Å². The minimum absolute atomic E-state index is 0.0128. The first kappa shape index (κ1) is 49.8. The van der Waals surface area contributed by atoms with E-state index in [9.17, 15) is 29.1 Å². The van der Waals surface area contributed by atoms with E-state index in [2.05, 4.69) is 57.0 Å². The fourth-order valence-electron chi connectivity index (χ4n) is 6.99. The van der Waals surface area contributed by atoms with Crippen LogP contribution in [-0.2, 0) is 54.8 Å². The number of aliphatic carboxylic acids is 2. The van der Waals surface area contributed by atoms with Crippen molar-refractivity contribution in [3.8, 4) is 5.75 Å². The number of aromatic nitrogens is 3. The number of rotatable bonds is 26. The predicted octanol–water partition coefficient (Wildman–Crippen LogP) is 6.42. The number of benzene rings is 2. The zero-order valence-corrected chi connectivity index (χ0v) is 38.5. The summed E-state index contributed by atoms with van der Waals surface area (Å²) in [5.41, 5.74) is 3.91. The molecule has 4 rings (SSSR count). The summed E-state index contributed by atoms with van der Waals surface area (Å²) in [6.45, 7) is 10.8. The second-order valence-corrected chi connectivity index (χ2v) is 19.2. The highest BCUT2D eigenvalue weighted by atomic mass is 35.5. The molecule has 338 valence electrons. The fraction of sp³-hybridized carbons (Fsp3) is 0.533. The van der Waals surface area contributed by atoms with Crippen molar-refractivity contribution in [1.29, 1.82) is 0 Å². The largest absolute Gasteiger partial charge is 0.495 e. The number of amides is 2. The fourth-order valence-corrected chi connectivity index (χ4v) is 8.97. The summed E-state index contributed by atoms with van der Waals surface area (Å²) in [7, 11) is 4.37. The van der Waals surface area contributed by atoms with E-state index in [1.807, 2.05) is 33.2 Å². The molecule has 2 amide bonds. The van der Waals surface area contributed by atoms with E-state index in [1.165, 1.54) is 24.3 Å². The second kappa shape index (κ2) is 23.6. The number of hydrogen-bond acceptors (Lipinski definition) is 10. The van der Waals surface area contributed by atoms with Crippen LogP contribution < -0.4 is 15.4 Å². The molecule has 0 radical (unpaired) electrons. The number of hydrogen-bond donors (Lipinski definition) is 4. The molecule has 0 bridgehead atoms. The molecular formula is C45H62ClN6O9P. The highest BCUT2D eigenvalue weighted by Crippen LogP contribution is 2.65. The third kappa shape index (κ3) is 16.1. The number of halogens is 1. The van der Waals surface area contributed by atoms with Gasteiger partial charge in [0.25, 0.3) is 0 Å². The summed E-state index contributed by atoms with van der Waals surface area (Å²) in [6, 6.07) is 12.9. The first-order chi connectivity index (χ1) is 29.3. The first-order valence-electron chi connectivity index (χ1n) is 21.0. The Morgan fingerprint density at radius 2 is 1.76 bits per heavy atom. The average Bonchev–Trinajstić information content (AvgIpc) is 3.89. The van der Waals surface area contributed by atoms with Crippen LogP contribution in [0.5, 0.6) is 5.75 Å². The number of carboxylic acids is 2. The van der Waals surface area contributed by atoms with Gasteiger partial charge in [-0.05, 0) is 99.0 Å². The number of carboxylic acid groups (broad SMARTS) is 2. The molecule has 0 saturated carbocycles. The minimum Gasteiger partial charge on any atom is -0.495 e. The molecule has 1 aromatic heterocycles. The van der Waals surface area contributed by atoms with E-state index >= 15 is 0 Å². The Balaban J connectivity index is 1.26. The number of carbonyl (C=O) groups is 5. The molecule has 6 atom stereocenters. The Morgan fingerprint density at radius 1 is 1.05 bits per heavy atom. The molecule has 17 heteroatoms. The van der Waals surface area contributed by atoms with Gasteiger partial charge in [-0.3, -0.25) is 28.8 Å². The van der Waals surface area contributed by atoms with Crippen molar-refractivity contribution in [3.05, 3.63) is 88.2 Å². The number of nitrogens with zero attached hydrogens (tertiary/aromatic N) is 4. The summed E-state index contributed by atoms with van der Waals surface area (Å²) in [5.74, 6) is -2.87. The van der Waals surface area contributed by atoms with Crippen molar-refractivity contribution in [2.45, 2.75) is 116 Å². The highest BCUT2D eigenvalue weighted by Gasteiger charge is 2.41. The van der Waals surface area contributed by atoms with E-state index in [-0.39, 0.29) is 31.7 Å². The van der Waals surface area contributed by atoms with Crippen LogP contribution in [-0.4, -0.2) is 98.3 Å². The third-order valence-corrected chi connectivity index (χ3v) is 12.9. The Labute approximate surface area is 371 Å². The van der Waals surface area contributed by atoms with Crippen LogP contribution in [0.15, 0.2) is 60.8 Å². The van der Waals surface area contributed by atoms with Crippen molar-refractivity contribution in [2.24, 2.45) is 17.3 Å². The lowest BCUT2D eigenvalue weighted by molar-refractivity contribution is -0.171. The van der Waals surface area contributed by atoms with E-state index in [0.29, 0.717) is 59.5 Å². The molecular weight excluding hydrogens is 835 g/mol. The lowest BCUT2D eigenvalue weighted by atomic mass is 9.93. The van der Waals surface area contributed by atoms with Crippen LogP contribution in [0.4, 0.5) is 0 Å². The van der Waals surface area contributed by atoms with Gasteiger partial charge < -0.3 is 30.3 Å². The monoisotopic (exact) mass is 896 g/mol. The molecule has 0 aliphatic carbocycles. The molecule has 2 aromatic carbocycles. The number of methoxy groups -OCH3 is 1. The molecule has 2 heterocycles. The molecule has 1 aliphatic heterocycles. The van der Waals surface area contributed by atoms with Gasteiger partial charge in [-0.2, -0.15) is 0 Å². The summed E-state index contributed by atoms with van der Waals surface area (Å²) in [5, 5.41) is 32.6. The number of nitrogens with one attached hydrogen (secondary N) is 2. The van der Waals surface area contributed by atoms with Gasteiger partial charge >= 0.3 is 17.9 Å². The Kier molecular flexibility index (Phi) is 18.9. The smallest absolute Gasteiger partial charge is 0.345 e. The maximum Gasteiger partial charge on any atom is 0.345 e. The molecule has 1 aliphatic rings. The van der Waals surface area contributed by atoms with Gasteiger partial charge in [-0.1, -0.05) is 74.0 Å². The van der Waals surface area contributed by atoms with Gasteiger partial charge in [0.15, 0.2) is 6.10 Å². The van der Waals surface area contributed by atoms with Crippen LogP contribution in [0.1, 0.15) is 94.8 Å². The zero-order valence-electron chi connectivity index (χ0n) is 36.7. The summed E-state index contributed by atoms with van der Waals surface area (Å²) in [6.07, 6.45) is 6.31.